The van der Waals surface area contributed by atoms with Crippen LogP contribution in [0.3, 0.4) is 0 Å². The van der Waals surface area contributed by atoms with Crippen molar-refractivity contribution >= 4 is 27.3 Å². The molecule has 0 spiro atoms. The van der Waals surface area contributed by atoms with Crippen LogP contribution < -0.4 is 10.5 Å². The molecule has 0 radical (unpaired) electrons. The van der Waals surface area contributed by atoms with Crippen molar-refractivity contribution in [2.75, 3.05) is 11.4 Å². The highest BCUT2D eigenvalue weighted by Crippen LogP contribution is 2.42. The van der Waals surface area contributed by atoms with Crippen molar-refractivity contribution in [1.82, 2.24) is 24.1 Å². The molecule has 4 heterocycles. The quantitative estimate of drug-likeness (QED) is 0.418. The molecule has 9 heteroatoms. The Balaban J connectivity index is 1.56. The van der Waals surface area contributed by atoms with Gasteiger partial charge in [-0.25, -0.2) is 9.50 Å². The molecule has 32 heavy (non-hydrogen) atoms. The average Bonchev–Trinajstić information content (AvgIpc) is 3.38. The molecule has 3 aromatic rings. The van der Waals surface area contributed by atoms with E-state index in [1.54, 1.807) is 27.7 Å². The van der Waals surface area contributed by atoms with Gasteiger partial charge in [-0.15, -0.1) is 0 Å². The van der Waals surface area contributed by atoms with Crippen LogP contribution in [0.4, 0.5) is 5.82 Å². The standard InChI is InChI=1S/C23H16BrN7O/c24-16-8-11-30-20(16)23(32)31(15-4-2-1-3-5-15)21(28-30)18-9-10-29(18)22-19-14(12-25)6-7-17(19)26-13-27-22/h1-8,11,13,18H,9-10H2,(H,26,27)/t18-/m0/s1. The second-order valence-electron chi connectivity index (χ2n) is 7.66. The molecular formula is C23H16BrN7O. The van der Waals surface area contributed by atoms with Crippen molar-refractivity contribution in [1.29, 1.82) is 5.26 Å². The molecule has 1 aromatic carbocycles. The molecule has 6 rings (SSSR count). The summed E-state index contributed by atoms with van der Waals surface area (Å²) in [6.45, 7) is 0.755. The molecule has 3 aliphatic rings. The molecule has 156 valence electrons. The number of anilines is 1. The zero-order valence-corrected chi connectivity index (χ0v) is 18.3. The lowest BCUT2D eigenvalue weighted by molar-refractivity contribution is 0.423. The lowest BCUT2D eigenvalue weighted by atomic mass is 9.99. The number of nitrogens with one attached hydrogen (secondary N) is 1. The van der Waals surface area contributed by atoms with Gasteiger partial charge in [-0.2, -0.15) is 10.4 Å². The highest BCUT2D eigenvalue weighted by Gasteiger charge is 2.37. The van der Waals surface area contributed by atoms with Crippen molar-refractivity contribution in [2.24, 2.45) is 0 Å². The van der Waals surface area contributed by atoms with Crippen LogP contribution in [0.5, 0.6) is 0 Å². The van der Waals surface area contributed by atoms with E-state index in [2.05, 4.69) is 36.9 Å². The second-order valence-corrected chi connectivity index (χ2v) is 8.52. The largest absolute Gasteiger partial charge is 0.346 e. The fourth-order valence-electron chi connectivity index (χ4n) is 4.38. The molecule has 0 unspecified atom stereocenters. The van der Waals surface area contributed by atoms with E-state index < -0.39 is 0 Å². The van der Waals surface area contributed by atoms with Crippen LogP contribution in [0, 0.1) is 11.3 Å². The number of rotatable bonds is 3. The van der Waals surface area contributed by atoms with E-state index in [4.69, 9.17) is 5.10 Å². The first kappa shape index (κ1) is 18.8. The van der Waals surface area contributed by atoms with Gasteiger partial charge in [-0.1, -0.05) is 18.2 Å². The molecule has 2 aromatic heterocycles. The molecule has 2 aliphatic heterocycles. The predicted molar refractivity (Wildman–Crippen MR) is 123 cm³/mol. The van der Waals surface area contributed by atoms with E-state index >= 15 is 0 Å². The number of hydrogen-bond donors (Lipinski definition) is 1. The first-order valence-corrected chi connectivity index (χ1v) is 10.9. The number of fused-ring (bicyclic) bond motifs is 2. The number of aromatic nitrogens is 5. The smallest absolute Gasteiger partial charge is 0.283 e. The Hall–Kier alpha value is -3.90. The van der Waals surface area contributed by atoms with Crippen molar-refractivity contribution in [3.63, 3.8) is 0 Å². The first-order chi connectivity index (χ1) is 15.7. The first-order valence-electron chi connectivity index (χ1n) is 10.2. The second kappa shape index (κ2) is 7.07. The molecule has 1 N–H and O–H groups in total. The SMILES string of the molecule is N#Cc1ccc2[nH]cnc(N3CC[C@H]3c3nn4ccc(Br)c4c(=O)n3-c3ccccc3)c1-2. The number of halogens is 1. The number of H-pyrrole nitrogens is 1. The summed E-state index contributed by atoms with van der Waals surface area (Å²) in [6.07, 6.45) is 4.23. The Morgan fingerprint density at radius 2 is 2.00 bits per heavy atom. The van der Waals surface area contributed by atoms with Gasteiger partial charge in [0.05, 0.1) is 45.4 Å². The Morgan fingerprint density at radius 1 is 1.16 bits per heavy atom. The Morgan fingerprint density at radius 3 is 2.75 bits per heavy atom. The maximum absolute atomic E-state index is 13.6. The van der Waals surface area contributed by atoms with E-state index in [0.29, 0.717) is 21.4 Å². The zero-order valence-electron chi connectivity index (χ0n) is 16.7. The third-order valence-corrected chi connectivity index (χ3v) is 6.61. The molecule has 1 saturated heterocycles. The summed E-state index contributed by atoms with van der Waals surface area (Å²) in [4.78, 5) is 23.4. The van der Waals surface area contributed by atoms with Crippen molar-refractivity contribution in [3.8, 4) is 23.0 Å². The van der Waals surface area contributed by atoms with E-state index in [9.17, 15) is 10.1 Å². The highest BCUT2D eigenvalue weighted by atomic mass is 79.9. The molecule has 1 aliphatic carbocycles. The van der Waals surface area contributed by atoms with Gasteiger partial charge in [0.1, 0.15) is 11.3 Å². The predicted octanol–water partition coefficient (Wildman–Crippen LogP) is 3.90. The number of benzene rings is 1. The van der Waals surface area contributed by atoms with Gasteiger partial charge in [-0.05, 0) is 52.7 Å². The van der Waals surface area contributed by atoms with Gasteiger partial charge in [-0.3, -0.25) is 9.36 Å². The minimum Gasteiger partial charge on any atom is -0.346 e. The maximum atomic E-state index is 13.6. The lowest BCUT2D eigenvalue weighted by Crippen LogP contribution is -2.45. The number of aromatic amines is 1. The molecular weight excluding hydrogens is 470 g/mol. The van der Waals surface area contributed by atoms with Crippen molar-refractivity contribution in [3.05, 3.63) is 87.3 Å². The highest BCUT2D eigenvalue weighted by molar-refractivity contribution is 9.10. The molecule has 0 saturated carbocycles. The van der Waals surface area contributed by atoms with Crippen LogP contribution >= 0.6 is 15.9 Å². The van der Waals surface area contributed by atoms with E-state index in [1.165, 1.54) is 0 Å². The van der Waals surface area contributed by atoms with Crippen molar-refractivity contribution in [2.45, 2.75) is 12.5 Å². The summed E-state index contributed by atoms with van der Waals surface area (Å²) < 4.78 is 4.01. The fraction of sp³-hybridized carbons (Fsp3) is 0.130. The summed E-state index contributed by atoms with van der Waals surface area (Å²) in [5, 5.41) is 14.4. The molecule has 8 nitrogen and oxygen atoms in total. The van der Waals surface area contributed by atoms with Gasteiger partial charge < -0.3 is 9.88 Å². The zero-order chi connectivity index (χ0) is 21.8. The van der Waals surface area contributed by atoms with Crippen LogP contribution in [0.1, 0.15) is 23.9 Å². The third kappa shape index (κ3) is 2.63. The normalized spacial score (nSPS) is 15.8. The van der Waals surface area contributed by atoms with E-state index in [-0.39, 0.29) is 11.6 Å². The Kier molecular flexibility index (Phi) is 4.16. The van der Waals surface area contributed by atoms with Crippen molar-refractivity contribution < 1.29 is 0 Å². The number of nitriles is 1. The average molecular weight is 486 g/mol. The number of para-hydroxylation sites is 1. The van der Waals surface area contributed by atoms with Crippen LogP contribution in [0.2, 0.25) is 0 Å². The van der Waals surface area contributed by atoms with Crippen LogP contribution in [-0.4, -0.2) is 30.7 Å². The Bertz CT molecular complexity index is 1540. The summed E-state index contributed by atoms with van der Waals surface area (Å²) in [5.41, 5.74) is 3.32. The van der Waals surface area contributed by atoms with E-state index in [0.717, 1.165) is 35.7 Å². The molecule has 1 fully saturated rings. The summed E-state index contributed by atoms with van der Waals surface area (Å²) in [5.74, 6) is 1.36. The molecule has 1 atom stereocenters. The maximum Gasteiger partial charge on any atom is 0.283 e. The van der Waals surface area contributed by atoms with E-state index in [1.807, 2.05) is 42.5 Å². The molecule has 0 amide bonds. The van der Waals surface area contributed by atoms with Crippen LogP contribution in [0.25, 0.3) is 22.5 Å². The number of hydrogen-bond acceptors (Lipinski definition) is 5. The third-order valence-electron chi connectivity index (χ3n) is 5.97. The lowest BCUT2D eigenvalue weighted by Gasteiger charge is -2.42. The minimum atomic E-state index is -0.159. The monoisotopic (exact) mass is 485 g/mol. The van der Waals surface area contributed by atoms with Gasteiger partial charge >= 0.3 is 0 Å². The topological polar surface area (TPSA) is 95.0 Å². The van der Waals surface area contributed by atoms with Gasteiger partial charge in [0.2, 0.25) is 0 Å². The summed E-state index contributed by atoms with van der Waals surface area (Å²) >= 11 is 3.48. The van der Waals surface area contributed by atoms with Gasteiger partial charge in [0.15, 0.2) is 5.82 Å². The summed E-state index contributed by atoms with van der Waals surface area (Å²) in [6, 6.07) is 17.1. The summed E-state index contributed by atoms with van der Waals surface area (Å²) in [7, 11) is 0. The van der Waals surface area contributed by atoms with Crippen LogP contribution in [-0.2, 0) is 0 Å². The minimum absolute atomic E-state index is 0.143. The Labute approximate surface area is 190 Å². The molecule has 0 bridgehead atoms. The van der Waals surface area contributed by atoms with Crippen LogP contribution in [0.15, 0.2) is 70.3 Å². The van der Waals surface area contributed by atoms with Gasteiger partial charge in [0.25, 0.3) is 5.56 Å². The fourth-order valence-corrected chi connectivity index (χ4v) is 4.85. The van der Waals surface area contributed by atoms with Gasteiger partial charge in [0, 0.05) is 12.7 Å². The number of nitrogens with zero attached hydrogens (tertiary/aromatic N) is 6.